The molecular formula is C20H26OSi2. The number of hydrogen-bond donors (Lipinski definition) is 0. The molecule has 0 atom stereocenters. The van der Waals surface area contributed by atoms with Crippen molar-refractivity contribution < 1.29 is 4.74 Å². The number of benzene rings is 2. The number of ether oxygens (including phenoxy) is 1. The van der Waals surface area contributed by atoms with E-state index >= 15 is 0 Å². The maximum absolute atomic E-state index is 5.95. The molecule has 2 aromatic carbocycles. The van der Waals surface area contributed by atoms with Gasteiger partial charge in [-0.15, -0.1) is 0 Å². The fourth-order valence-corrected chi connectivity index (χ4v) is 4.68. The first-order chi connectivity index (χ1) is 11.3. The minimum absolute atomic E-state index is 0.919. The Labute approximate surface area is 146 Å². The zero-order valence-electron chi connectivity index (χ0n) is 14.3. The average Bonchev–Trinajstić information content (AvgIpc) is 2.58. The van der Waals surface area contributed by atoms with Crippen molar-refractivity contribution in [2.75, 3.05) is 0 Å². The number of rotatable bonds is 10. The average molecular weight is 339 g/mol. The molecule has 0 saturated carbocycles. The first-order valence-electron chi connectivity index (χ1n) is 8.67. The van der Waals surface area contributed by atoms with E-state index in [2.05, 4.69) is 62.4 Å². The summed E-state index contributed by atoms with van der Waals surface area (Å²) in [6.07, 6.45) is 5.20. The molecule has 0 fully saturated rings. The van der Waals surface area contributed by atoms with Crippen molar-refractivity contribution in [3.05, 3.63) is 48.5 Å². The smallest absolute Gasteiger partial charge is 0.127 e. The summed E-state index contributed by atoms with van der Waals surface area (Å²) in [6, 6.07) is 19.8. The predicted molar refractivity (Wildman–Crippen MR) is 103 cm³/mol. The fourth-order valence-electron chi connectivity index (χ4n) is 2.24. The summed E-state index contributed by atoms with van der Waals surface area (Å²) < 4.78 is 5.95. The van der Waals surface area contributed by atoms with Crippen LogP contribution in [0.25, 0.3) is 0 Å². The third-order valence-corrected chi connectivity index (χ3v) is 6.35. The highest BCUT2D eigenvalue weighted by atomic mass is 28.2. The van der Waals surface area contributed by atoms with Gasteiger partial charge in [0.1, 0.15) is 11.5 Å². The summed E-state index contributed by atoms with van der Waals surface area (Å²) in [5.41, 5.74) is 0. The summed E-state index contributed by atoms with van der Waals surface area (Å²) in [7, 11) is 1.84. The van der Waals surface area contributed by atoms with Crippen LogP contribution in [0.1, 0.15) is 39.5 Å². The van der Waals surface area contributed by atoms with Crippen LogP contribution in [0, 0.1) is 0 Å². The lowest BCUT2D eigenvalue weighted by molar-refractivity contribution is 0.483. The van der Waals surface area contributed by atoms with Gasteiger partial charge in [-0.1, -0.05) is 86.3 Å². The first-order valence-corrected chi connectivity index (χ1v) is 11.1. The van der Waals surface area contributed by atoms with Crippen LogP contribution in [-0.4, -0.2) is 19.0 Å². The van der Waals surface area contributed by atoms with Crippen molar-refractivity contribution >= 4 is 29.4 Å². The lowest BCUT2D eigenvalue weighted by Crippen LogP contribution is -2.13. The van der Waals surface area contributed by atoms with Crippen LogP contribution < -0.4 is 15.1 Å². The summed E-state index contributed by atoms with van der Waals surface area (Å²) >= 11 is 0. The highest BCUT2D eigenvalue weighted by Crippen LogP contribution is 2.19. The van der Waals surface area contributed by atoms with Crippen molar-refractivity contribution in [2.45, 2.75) is 51.6 Å². The molecule has 0 aliphatic carbocycles. The minimum Gasteiger partial charge on any atom is -0.457 e. The van der Waals surface area contributed by atoms with Crippen molar-refractivity contribution in [3.63, 3.8) is 0 Å². The number of hydrogen-bond acceptors (Lipinski definition) is 1. The molecule has 2 aromatic rings. The molecule has 0 N–H and O–H groups in total. The van der Waals surface area contributed by atoms with Gasteiger partial charge in [-0.25, -0.2) is 0 Å². The molecule has 1 nitrogen and oxygen atoms in total. The van der Waals surface area contributed by atoms with E-state index in [4.69, 9.17) is 4.74 Å². The molecule has 0 saturated heterocycles. The molecule has 0 aliphatic rings. The molecule has 0 spiro atoms. The van der Waals surface area contributed by atoms with Crippen LogP contribution in [0.2, 0.25) is 12.1 Å². The topological polar surface area (TPSA) is 9.23 Å². The molecule has 2 rings (SSSR count). The Bertz CT molecular complexity index is 497. The Kier molecular flexibility index (Phi) is 8.19. The molecule has 0 aliphatic heterocycles. The van der Waals surface area contributed by atoms with Gasteiger partial charge in [0.05, 0.1) is 19.0 Å². The Hall–Kier alpha value is -1.33. The van der Waals surface area contributed by atoms with Gasteiger partial charge in [0.2, 0.25) is 0 Å². The van der Waals surface area contributed by atoms with E-state index in [1.165, 1.54) is 48.1 Å². The molecule has 3 heteroatoms. The van der Waals surface area contributed by atoms with Gasteiger partial charge in [-0.3, -0.25) is 0 Å². The van der Waals surface area contributed by atoms with Gasteiger partial charge in [-0.05, 0) is 24.3 Å². The maximum Gasteiger partial charge on any atom is 0.127 e. The van der Waals surface area contributed by atoms with Crippen LogP contribution in [0.4, 0.5) is 0 Å². The largest absolute Gasteiger partial charge is 0.457 e. The standard InChI is InChI=1S/C20H26OSi2/c1-3-5-15-22-19-11-7-17(8-12-19)21-18-9-13-20(14-10-18)23-16-6-4-2/h7-14H,3-6,15-16H2,1-2H3. The van der Waals surface area contributed by atoms with Crippen molar-refractivity contribution in [1.29, 1.82) is 0 Å². The highest BCUT2D eigenvalue weighted by molar-refractivity contribution is 6.53. The van der Waals surface area contributed by atoms with Gasteiger partial charge in [-0.2, -0.15) is 0 Å². The van der Waals surface area contributed by atoms with Gasteiger partial charge in [0, 0.05) is 0 Å². The van der Waals surface area contributed by atoms with Crippen molar-refractivity contribution in [3.8, 4) is 11.5 Å². The van der Waals surface area contributed by atoms with Crippen LogP contribution >= 0.6 is 0 Å². The molecule has 0 aromatic heterocycles. The lowest BCUT2D eigenvalue weighted by atomic mass is 10.3. The molecule has 4 radical (unpaired) electrons. The molecular weight excluding hydrogens is 312 g/mol. The van der Waals surface area contributed by atoms with Crippen LogP contribution in [0.15, 0.2) is 48.5 Å². The van der Waals surface area contributed by atoms with E-state index in [1.54, 1.807) is 0 Å². The second-order valence-corrected chi connectivity index (χ2v) is 8.57. The summed E-state index contributed by atoms with van der Waals surface area (Å²) in [5.74, 6) is 1.85. The second kappa shape index (κ2) is 10.4. The Morgan fingerprint density at radius 3 is 1.39 bits per heavy atom. The Balaban J connectivity index is 1.84. The van der Waals surface area contributed by atoms with Gasteiger partial charge < -0.3 is 4.74 Å². The molecule has 0 bridgehead atoms. The molecule has 23 heavy (non-hydrogen) atoms. The van der Waals surface area contributed by atoms with Gasteiger partial charge in [0.25, 0.3) is 0 Å². The monoisotopic (exact) mass is 338 g/mol. The van der Waals surface area contributed by atoms with E-state index in [0.717, 1.165) is 30.5 Å². The Morgan fingerprint density at radius 2 is 1.04 bits per heavy atom. The fraction of sp³-hybridized carbons (Fsp3) is 0.400. The maximum atomic E-state index is 5.95. The van der Waals surface area contributed by atoms with Crippen LogP contribution in [-0.2, 0) is 0 Å². The normalized spacial score (nSPS) is 10.7. The van der Waals surface area contributed by atoms with Gasteiger partial charge in [0.15, 0.2) is 0 Å². The van der Waals surface area contributed by atoms with Gasteiger partial charge >= 0.3 is 0 Å². The second-order valence-electron chi connectivity index (χ2n) is 5.71. The van der Waals surface area contributed by atoms with E-state index < -0.39 is 0 Å². The molecule has 0 unspecified atom stereocenters. The molecule has 0 amide bonds. The quantitative estimate of drug-likeness (QED) is 0.455. The third-order valence-electron chi connectivity index (χ3n) is 3.66. The Morgan fingerprint density at radius 1 is 0.652 bits per heavy atom. The SMILES string of the molecule is CCCC[Si]c1ccc(Oc2ccc([Si]CCCC)cc2)cc1. The lowest BCUT2D eigenvalue weighted by Gasteiger charge is -2.08. The first kappa shape index (κ1) is 18.0. The van der Waals surface area contributed by atoms with E-state index in [-0.39, 0.29) is 0 Å². The summed E-state index contributed by atoms with van der Waals surface area (Å²) in [6.45, 7) is 4.49. The summed E-state index contributed by atoms with van der Waals surface area (Å²) in [4.78, 5) is 0. The zero-order valence-corrected chi connectivity index (χ0v) is 16.3. The third kappa shape index (κ3) is 6.75. The van der Waals surface area contributed by atoms with E-state index in [0.29, 0.717) is 0 Å². The molecule has 0 heterocycles. The van der Waals surface area contributed by atoms with E-state index in [9.17, 15) is 0 Å². The van der Waals surface area contributed by atoms with Crippen LogP contribution in [0.5, 0.6) is 11.5 Å². The summed E-state index contributed by atoms with van der Waals surface area (Å²) in [5, 5.41) is 2.86. The number of unbranched alkanes of at least 4 members (excludes halogenated alkanes) is 2. The van der Waals surface area contributed by atoms with Crippen molar-refractivity contribution in [2.24, 2.45) is 0 Å². The highest BCUT2D eigenvalue weighted by Gasteiger charge is 2.00. The predicted octanol–water partition coefficient (Wildman–Crippen LogP) is 4.57. The minimum atomic E-state index is 0.919. The van der Waals surface area contributed by atoms with E-state index in [1.807, 2.05) is 0 Å². The van der Waals surface area contributed by atoms with Crippen molar-refractivity contribution in [1.82, 2.24) is 0 Å². The van der Waals surface area contributed by atoms with Crippen LogP contribution in [0.3, 0.4) is 0 Å². The molecule has 120 valence electrons. The zero-order chi connectivity index (χ0) is 16.3.